The second kappa shape index (κ2) is 8.01. The predicted molar refractivity (Wildman–Crippen MR) is 119 cm³/mol. The number of halogens is 1. The van der Waals surface area contributed by atoms with E-state index in [-0.39, 0.29) is 10.8 Å². The van der Waals surface area contributed by atoms with E-state index in [0.29, 0.717) is 16.3 Å². The number of aromatic nitrogens is 1. The molecule has 0 aliphatic heterocycles. The quantitative estimate of drug-likeness (QED) is 0.576. The van der Waals surface area contributed by atoms with E-state index < -0.39 is 26.6 Å². The van der Waals surface area contributed by atoms with Gasteiger partial charge in [0.05, 0.1) is 10.9 Å². The first-order valence-corrected chi connectivity index (χ1v) is 11.4. The highest BCUT2D eigenvalue weighted by atomic mass is 35.5. The summed E-state index contributed by atoms with van der Waals surface area (Å²) in [4.78, 5) is 24.1. The van der Waals surface area contributed by atoms with Crippen LogP contribution in [0.2, 0.25) is 5.02 Å². The molecule has 0 saturated heterocycles. The highest BCUT2D eigenvalue weighted by Gasteiger charge is 2.42. The maximum Gasteiger partial charge on any atom is 0.324 e. The molecule has 0 spiro atoms. The van der Waals surface area contributed by atoms with Crippen molar-refractivity contribution in [3.8, 4) is 0 Å². The van der Waals surface area contributed by atoms with Crippen LogP contribution < -0.4 is 5.32 Å². The summed E-state index contributed by atoms with van der Waals surface area (Å²) in [5.41, 5.74) is 2.02. The van der Waals surface area contributed by atoms with E-state index in [4.69, 9.17) is 11.6 Å². The first kappa shape index (κ1) is 22.8. The van der Waals surface area contributed by atoms with E-state index in [1.807, 2.05) is 6.07 Å². The van der Waals surface area contributed by atoms with Crippen LogP contribution >= 0.6 is 11.6 Å². The van der Waals surface area contributed by atoms with Crippen LogP contribution in [0.1, 0.15) is 42.9 Å². The molecule has 1 amide bonds. The van der Waals surface area contributed by atoms with E-state index in [9.17, 15) is 23.1 Å². The maximum absolute atomic E-state index is 12.8. The number of carboxylic acids is 1. The molecule has 7 nitrogen and oxygen atoms in total. The lowest BCUT2D eigenvalue weighted by molar-refractivity contribution is -0.139. The fourth-order valence-corrected chi connectivity index (χ4v) is 4.73. The number of hydrogen-bond acceptors (Lipinski definition) is 4. The van der Waals surface area contributed by atoms with E-state index in [2.05, 4.69) is 5.32 Å². The molecule has 0 saturated carbocycles. The molecule has 0 bridgehead atoms. The molecule has 0 fully saturated rings. The van der Waals surface area contributed by atoms with Gasteiger partial charge in [-0.05, 0) is 62.7 Å². The molecule has 2 N–H and O–H groups in total. The Labute approximate surface area is 185 Å². The van der Waals surface area contributed by atoms with Gasteiger partial charge in [-0.3, -0.25) is 9.59 Å². The van der Waals surface area contributed by atoms with E-state index in [1.54, 1.807) is 48.9 Å². The average Bonchev–Trinajstić information content (AvgIpc) is 3.03. The molecule has 31 heavy (non-hydrogen) atoms. The normalized spacial score (nSPS) is 13.2. The third-order valence-electron chi connectivity index (χ3n) is 5.46. The summed E-state index contributed by atoms with van der Waals surface area (Å²) in [6.07, 6.45) is 0. The second-order valence-corrected chi connectivity index (χ2v) is 10.8. The van der Waals surface area contributed by atoms with Crippen LogP contribution in [0.3, 0.4) is 0 Å². The van der Waals surface area contributed by atoms with Gasteiger partial charge < -0.3 is 15.0 Å². The van der Waals surface area contributed by atoms with Gasteiger partial charge in [0.15, 0.2) is 14.6 Å². The lowest BCUT2D eigenvalue weighted by Crippen LogP contribution is -2.40. The number of amides is 1. The van der Waals surface area contributed by atoms with Crippen molar-refractivity contribution >= 4 is 44.2 Å². The number of fused-ring (bicyclic) bond motifs is 1. The number of carboxylic acid groups (broad SMARTS) is 1. The minimum Gasteiger partial charge on any atom is -0.480 e. The third kappa shape index (κ3) is 4.05. The van der Waals surface area contributed by atoms with Crippen LogP contribution in [0, 0.1) is 0 Å². The Morgan fingerprint density at radius 3 is 2.29 bits per heavy atom. The number of aryl methyl sites for hydroxylation is 1. The second-order valence-electron chi connectivity index (χ2n) is 7.87. The molecule has 164 valence electrons. The first-order chi connectivity index (χ1) is 14.4. The summed E-state index contributed by atoms with van der Waals surface area (Å²) in [5, 5.41) is 13.6. The SMILES string of the molecule is C[C@@H](NC(=O)c1cc2cc(Cl)ccc2n1C)c1ccc(S(=O)(=O)C(C)(C)C(=O)O)cc1. The molecular weight excluding hydrogens is 440 g/mol. The van der Waals surface area contributed by atoms with Crippen molar-refractivity contribution in [2.24, 2.45) is 7.05 Å². The summed E-state index contributed by atoms with van der Waals surface area (Å²) in [6, 6.07) is 12.6. The number of sulfone groups is 1. The van der Waals surface area contributed by atoms with Crippen molar-refractivity contribution in [2.45, 2.75) is 36.5 Å². The number of nitrogens with one attached hydrogen (secondary N) is 1. The number of carbonyl (C=O) groups is 2. The molecule has 9 heteroatoms. The Hall–Kier alpha value is -2.84. The number of rotatable bonds is 6. The molecule has 0 aliphatic carbocycles. The Balaban J connectivity index is 1.81. The predicted octanol–water partition coefficient (Wildman–Crippen LogP) is 3.96. The van der Waals surface area contributed by atoms with Gasteiger partial charge in [-0.1, -0.05) is 23.7 Å². The highest BCUT2D eigenvalue weighted by molar-refractivity contribution is 7.93. The summed E-state index contributed by atoms with van der Waals surface area (Å²) >= 11 is 6.03. The lowest BCUT2D eigenvalue weighted by atomic mass is 10.1. The zero-order valence-electron chi connectivity index (χ0n) is 17.5. The van der Waals surface area contributed by atoms with Gasteiger partial charge in [0, 0.05) is 23.0 Å². The van der Waals surface area contributed by atoms with Gasteiger partial charge in [-0.2, -0.15) is 0 Å². The minimum absolute atomic E-state index is 0.0901. The van der Waals surface area contributed by atoms with Crippen molar-refractivity contribution in [3.05, 3.63) is 64.8 Å². The zero-order valence-corrected chi connectivity index (χ0v) is 19.1. The molecule has 1 aromatic heterocycles. The molecule has 2 aromatic carbocycles. The Kier molecular flexibility index (Phi) is 5.90. The van der Waals surface area contributed by atoms with Crippen molar-refractivity contribution in [1.82, 2.24) is 9.88 Å². The van der Waals surface area contributed by atoms with Gasteiger partial charge >= 0.3 is 5.97 Å². The first-order valence-electron chi connectivity index (χ1n) is 9.50. The maximum atomic E-state index is 12.8. The molecule has 3 rings (SSSR count). The van der Waals surface area contributed by atoms with Gasteiger partial charge in [0.2, 0.25) is 0 Å². The largest absolute Gasteiger partial charge is 0.480 e. The Bertz CT molecular complexity index is 1280. The summed E-state index contributed by atoms with van der Waals surface area (Å²) in [5.74, 6) is -1.71. The minimum atomic E-state index is -4.07. The van der Waals surface area contributed by atoms with Gasteiger partial charge in [-0.25, -0.2) is 8.42 Å². The Morgan fingerprint density at radius 2 is 1.71 bits per heavy atom. The van der Waals surface area contributed by atoms with Crippen molar-refractivity contribution in [1.29, 1.82) is 0 Å². The highest BCUT2D eigenvalue weighted by Crippen LogP contribution is 2.27. The number of aliphatic carboxylic acids is 1. The topological polar surface area (TPSA) is 105 Å². The number of hydrogen-bond donors (Lipinski definition) is 2. The molecule has 3 aromatic rings. The Morgan fingerprint density at radius 1 is 1.10 bits per heavy atom. The van der Waals surface area contributed by atoms with Crippen molar-refractivity contribution in [2.75, 3.05) is 0 Å². The van der Waals surface area contributed by atoms with Crippen LogP contribution in [0.15, 0.2) is 53.4 Å². The number of benzene rings is 2. The molecular formula is C22H23ClN2O5S. The summed E-state index contributed by atoms with van der Waals surface area (Å²) in [7, 11) is -2.28. The standard InChI is InChI=1S/C22H23ClN2O5S/c1-13(14-5-8-17(9-6-14)31(29,30)22(2,3)21(27)28)24-20(26)19-12-15-11-16(23)7-10-18(15)25(19)4/h5-13H,1-4H3,(H,24,26)(H,27,28)/t13-/m1/s1. The number of carbonyl (C=O) groups excluding carboxylic acids is 1. The fourth-order valence-electron chi connectivity index (χ4n) is 3.24. The van der Waals surface area contributed by atoms with Crippen molar-refractivity contribution in [3.63, 3.8) is 0 Å². The van der Waals surface area contributed by atoms with Gasteiger partial charge in [0.1, 0.15) is 5.69 Å². The molecule has 1 heterocycles. The average molecular weight is 463 g/mol. The van der Waals surface area contributed by atoms with Crippen LogP contribution in [0.5, 0.6) is 0 Å². The van der Waals surface area contributed by atoms with Crippen LogP contribution in [-0.2, 0) is 21.7 Å². The van der Waals surface area contributed by atoms with Crippen LogP contribution in [0.4, 0.5) is 0 Å². The van der Waals surface area contributed by atoms with Gasteiger partial charge in [-0.15, -0.1) is 0 Å². The molecule has 0 radical (unpaired) electrons. The molecule has 0 aliphatic rings. The summed E-state index contributed by atoms with van der Waals surface area (Å²) < 4.78 is 25.1. The fraction of sp³-hybridized carbons (Fsp3) is 0.273. The zero-order chi connectivity index (χ0) is 23.1. The third-order valence-corrected chi connectivity index (χ3v) is 8.11. The van der Waals surface area contributed by atoms with E-state index in [1.165, 1.54) is 12.1 Å². The van der Waals surface area contributed by atoms with Crippen LogP contribution in [0.25, 0.3) is 10.9 Å². The van der Waals surface area contributed by atoms with Crippen molar-refractivity contribution < 1.29 is 23.1 Å². The van der Waals surface area contributed by atoms with E-state index >= 15 is 0 Å². The smallest absolute Gasteiger partial charge is 0.324 e. The monoisotopic (exact) mass is 462 g/mol. The number of nitrogens with zero attached hydrogens (tertiary/aromatic N) is 1. The molecule has 1 atom stereocenters. The van der Waals surface area contributed by atoms with Gasteiger partial charge in [0.25, 0.3) is 5.91 Å². The molecule has 0 unspecified atom stereocenters. The van der Waals surface area contributed by atoms with E-state index in [0.717, 1.165) is 24.8 Å². The lowest BCUT2D eigenvalue weighted by Gasteiger charge is -2.20. The summed E-state index contributed by atoms with van der Waals surface area (Å²) in [6.45, 7) is 4.08. The van der Waals surface area contributed by atoms with Crippen LogP contribution in [-0.4, -0.2) is 34.7 Å².